The summed E-state index contributed by atoms with van der Waals surface area (Å²) in [6, 6.07) is 7.00. The number of nitrogens with zero attached hydrogens (tertiary/aromatic N) is 1. The molecule has 1 aliphatic rings. The second-order valence-corrected chi connectivity index (χ2v) is 5.12. The maximum atomic E-state index is 11.9. The zero-order chi connectivity index (χ0) is 14.5. The molecule has 1 aliphatic heterocycles. The Hall–Kier alpha value is -1.59. The van der Waals surface area contributed by atoms with Crippen molar-refractivity contribution in [3.63, 3.8) is 0 Å². The van der Waals surface area contributed by atoms with E-state index in [1.54, 1.807) is 6.07 Å². The van der Waals surface area contributed by atoms with Gasteiger partial charge in [0.25, 0.3) is 0 Å². The molecule has 6 heteroatoms. The number of halogens is 1. The van der Waals surface area contributed by atoms with Gasteiger partial charge in [-0.1, -0.05) is 23.7 Å². The number of methoxy groups -OCH3 is 1. The third-order valence-corrected chi connectivity index (χ3v) is 3.54. The summed E-state index contributed by atoms with van der Waals surface area (Å²) in [5.41, 5.74) is 1.02. The number of hydrogen-bond donors (Lipinski definition) is 1. The van der Waals surface area contributed by atoms with E-state index in [2.05, 4.69) is 10.1 Å². The number of hydrogen-bond acceptors (Lipinski definition) is 4. The summed E-state index contributed by atoms with van der Waals surface area (Å²) in [4.78, 5) is 25.3. The minimum absolute atomic E-state index is 0.0584. The highest BCUT2D eigenvalue weighted by Gasteiger charge is 2.31. The molecule has 2 rings (SSSR count). The average Bonchev–Trinajstić information content (AvgIpc) is 2.42. The van der Waals surface area contributed by atoms with E-state index >= 15 is 0 Å². The molecule has 1 atom stereocenters. The van der Waals surface area contributed by atoms with Crippen molar-refractivity contribution in [3.8, 4) is 0 Å². The largest absolute Gasteiger partial charge is 0.469 e. The van der Waals surface area contributed by atoms with Crippen LogP contribution in [0.2, 0.25) is 5.02 Å². The number of nitrogens with one attached hydrogen (secondary N) is 1. The summed E-state index contributed by atoms with van der Waals surface area (Å²) in [7, 11) is 1.32. The number of carbonyl (C=O) groups is 2. The summed E-state index contributed by atoms with van der Waals surface area (Å²) in [6.07, 6.45) is 0.0584. The van der Waals surface area contributed by atoms with E-state index in [9.17, 15) is 9.59 Å². The molecule has 108 valence electrons. The fraction of sp³-hybridized carbons (Fsp3) is 0.429. The Labute approximate surface area is 122 Å². The van der Waals surface area contributed by atoms with Gasteiger partial charge < -0.3 is 10.1 Å². The lowest BCUT2D eigenvalue weighted by Crippen LogP contribution is -2.55. The summed E-state index contributed by atoms with van der Waals surface area (Å²) >= 11 is 5.96. The van der Waals surface area contributed by atoms with Gasteiger partial charge in [0.05, 0.1) is 13.5 Å². The van der Waals surface area contributed by atoms with E-state index in [1.807, 2.05) is 23.1 Å². The van der Waals surface area contributed by atoms with Gasteiger partial charge in [-0.25, -0.2) is 0 Å². The van der Waals surface area contributed by atoms with Crippen molar-refractivity contribution >= 4 is 23.5 Å². The highest BCUT2D eigenvalue weighted by molar-refractivity contribution is 6.30. The number of piperazine rings is 1. The first-order valence-electron chi connectivity index (χ1n) is 6.43. The van der Waals surface area contributed by atoms with Crippen molar-refractivity contribution in [2.45, 2.75) is 19.0 Å². The second kappa shape index (κ2) is 6.72. The maximum absolute atomic E-state index is 11.9. The van der Waals surface area contributed by atoms with Crippen LogP contribution >= 0.6 is 11.6 Å². The lowest BCUT2D eigenvalue weighted by Gasteiger charge is -2.34. The summed E-state index contributed by atoms with van der Waals surface area (Å²) in [5.74, 6) is -0.521. The van der Waals surface area contributed by atoms with Crippen LogP contribution in [-0.4, -0.2) is 43.0 Å². The van der Waals surface area contributed by atoms with Gasteiger partial charge >= 0.3 is 5.97 Å². The molecule has 1 heterocycles. The molecule has 0 unspecified atom stereocenters. The number of ether oxygens (including phenoxy) is 1. The molecular formula is C14H17ClN2O3. The van der Waals surface area contributed by atoms with Crippen molar-refractivity contribution in [1.82, 2.24) is 10.2 Å². The first-order chi connectivity index (χ1) is 9.60. The molecule has 0 spiro atoms. The van der Waals surface area contributed by atoms with Crippen LogP contribution in [-0.2, 0) is 20.9 Å². The topological polar surface area (TPSA) is 58.6 Å². The Bertz CT molecular complexity index is 507. The van der Waals surface area contributed by atoms with E-state index in [0.717, 1.165) is 5.56 Å². The Morgan fingerprint density at radius 2 is 2.35 bits per heavy atom. The van der Waals surface area contributed by atoms with Gasteiger partial charge in [-0.3, -0.25) is 14.5 Å². The van der Waals surface area contributed by atoms with E-state index in [1.165, 1.54) is 7.11 Å². The van der Waals surface area contributed by atoms with Gasteiger partial charge in [0, 0.05) is 24.7 Å². The Balaban J connectivity index is 2.10. The van der Waals surface area contributed by atoms with Crippen LogP contribution in [0.25, 0.3) is 0 Å². The van der Waals surface area contributed by atoms with Gasteiger partial charge in [0.15, 0.2) is 0 Å². The number of rotatable bonds is 4. The third kappa shape index (κ3) is 3.71. The number of benzene rings is 1. The second-order valence-electron chi connectivity index (χ2n) is 4.69. The molecule has 1 saturated heterocycles. The van der Waals surface area contributed by atoms with Crippen LogP contribution in [0.1, 0.15) is 12.0 Å². The molecule has 1 fully saturated rings. The van der Waals surface area contributed by atoms with Crippen molar-refractivity contribution in [2.24, 2.45) is 0 Å². The Morgan fingerprint density at radius 3 is 3.05 bits per heavy atom. The molecule has 5 nitrogen and oxygen atoms in total. The number of amides is 1. The average molecular weight is 297 g/mol. The zero-order valence-corrected chi connectivity index (χ0v) is 12.0. The lowest BCUT2D eigenvalue weighted by molar-refractivity contribution is -0.146. The van der Waals surface area contributed by atoms with Crippen LogP contribution in [0.4, 0.5) is 0 Å². The van der Waals surface area contributed by atoms with Crippen molar-refractivity contribution in [2.75, 3.05) is 20.2 Å². The predicted molar refractivity (Wildman–Crippen MR) is 75.3 cm³/mol. The van der Waals surface area contributed by atoms with E-state index in [0.29, 0.717) is 24.7 Å². The number of esters is 1. The zero-order valence-electron chi connectivity index (χ0n) is 11.3. The van der Waals surface area contributed by atoms with Crippen LogP contribution in [0.15, 0.2) is 24.3 Å². The SMILES string of the molecule is COC(=O)C[C@H]1C(=O)NCCN1Cc1cccc(Cl)c1. The quantitative estimate of drug-likeness (QED) is 0.848. The fourth-order valence-corrected chi connectivity index (χ4v) is 2.50. The smallest absolute Gasteiger partial charge is 0.307 e. The van der Waals surface area contributed by atoms with Gasteiger partial charge in [-0.15, -0.1) is 0 Å². The minimum Gasteiger partial charge on any atom is -0.469 e. The van der Waals surface area contributed by atoms with Crippen LogP contribution < -0.4 is 5.32 Å². The molecule has 0 aliphatic carbocycles. The standard InChI is InChI=1S/C14H17ClN2O3/c1-20-13(18)8-12-14(19)16-5-6-17(12)9-10-3-2-4-11(15)7-10/h2-4,7,12H,5-6,8-9H2,1H3,(H,16,19)/t12-/m0/s1. The molecule has 0 radical (unpaired) electrons. The van der Waals surface area contributed by atoms with Gasteiger partial charge in [-0.05, 0) is 17.7 Å². The maximum Gasteiger partial charge on any atom is 0.307 e. The normalized spacial score (nSPS) is 19.5. The summed E-state index contributed by atoms with van der Waals surface area (Å²) < 4.78 is 4.65. The molecule has 0 aromatic heterocycles. The van der Waals surface area contributed by atoms with E-state index in [-0.39, 0.29) is 18.3 Å². The molecule has 1 aromatic carbocycles. The van der Waals surface area contributed by atoms with Crippen molar-refractivity contribution < 1.29 is 14.3 Å². The highest BCUT2D eigenvalue weighted by Crippen LogP contribution is 2.17. The molecule has 1 amide bonds. The Kier molecular flexibility index (Phi) is 4.98. The molecule has 20 heavy (non-hydrogen) atoms. The van der Waals surface area contributed by atoms with Gasteiger partial charge in [-0.2, -0.15) is 0 Å². The summed E-state index contributed by atoms with van der Waals surface area (Å²) in [5, 5.41) is 3.43. The molecule has 1 aromatic rings. The lowest BCUT2D eigenvalue weighted by atomic mass is 10.1. The monoisotopic (exact) mass is 296 g/mol. The number of carbonyl (C=O) groups excluding carboxylic acids is 2. The van der Waals surface area contributed by atoms with Gasteiger partial charge in [0.2, 0.25) is 5.91 Å². The molecule has 0 bridgehead atoms. The highest BCUT2D eigenvalue weighted by atomic mass is 35.5. The minimum atomic E-state index is -0.491. The van der Waals surface area contributed by atoms with Crippen LogP contribution in [0.3, 0.4) is 0 Å². The van der Waals surface area contributed by atoms with E-state index < -0.39 is 6.04 Å². The summed E-state index contributed by atoms with van der Waals surface area (Å²) in [6.45, 7) is 1.85. The molecule has 1 N–H and O–H groups in total. The predicted octanol–water partition coefficient (Wildman–Crippen LogP) is 1.20. The Morgan fingerprint density at radius 1 is 1.55 bits per heavy atom. The van der Waals surface area contributed by atoms with Crippen molar-refractivity contribution in [1.29, 1.82) is 0 Å². The first-order valence-corrected chi connectivity index (χ1v) is 6.81. The van der Waals surface area contributed by atoms with Gasteiger partial charge in [0.1, 0.15) is 6.04 Å². The fourth-order valence-electron chi connectivity index (χ4n) is 2.28. The van der Waals surface area contributed by atoms with Crippen molar-refractivity contribution in [3.05, 3.63) is 34.9 Å². The van der Waals surface area contributed by atoms with E-state index in [4.69, 9.17) is 11.6 Å². The molecular weight excluding hydrogens is 280 g/mol. The van der Waals surface area contributed by atoms with Crippen LogP contribution in [0, 0.1) is 0 Å². The van der Waals surface area contributed by atoms with Crippen LogP contribution in [0.5, 0.6) is 0 Å². The third-order valence-electron chi connectivity index (χ3n) is 3.30. The first kappa shape index (κ1) is 14.8. The molecule has 0 saturated carbocycles.